The molecule has 0 amide bonds. The van der Waals surface area contributed by atoms with Crippen LogP contribution in [0.2, 0.25) is 0 Å². The van der Waals surface area contributed by atoms with Gasteiger partial charge in [-0.15, -0.1) is 0 Å². The van der Waals surface area contributed by atoms with Crippen LogP contribution in [0, 0.1) is 5.41 Å². The zero-order valence-electron chi connectivity index (χ0n) is 11.3. The van der Waals surface area contributed by atoms with Gasteiger partial charge in [-0.05, 0) is 43.9 Å². The molecule has 2 nitrogen and oxygen atoms in total. The molecule has 1 heterocycles. The van der Waals surface area contributed by atoms with Crippen LogP contribution in [0.5, 0.6) is 0 Å². The van der Waals surface area contributed by atoms with Gasteiger partial charge < -0.3 is 10.1 Å². The predicted octanol–water partition coefficient (Wildman–Crippen LogP) is 3.26. The maximum absolute atomic E-state index is 6.09. The highest BCUT2D eigenvalue weighted by molar-refractivity contribution is 4.94. The lowest BCUT2D eigenvalue weighted by Gasteiger charge is -2.43. The summed E-state index contributed by atoms with van der Waals surface area (Å²) in [4.78, 5) is 0. The minimum atomic E-state index is 0.274. The Hall–Kier alpha value is -0.0800. The molecule has 1 atom stereocenters. The highest BCUT2D eigenvalue weighted by Gasteiger charge is 2.40. The van der Waals surface area contributed by atoms with Gasteiger partial charge in [0.2, 0.25) is 0 Å². The third kappa shape index (κ3) is 2.53. The second-order valence-corrected chi connectivity index (χ2v) is 6.97. The van der Waals surface area contributed by atoms with Crippen molar-refractivity contribution in [3.05, 3.63) is 0 Å². The number of hydrogen-bond donors (Lipinski definition) is 1. The number of rotatable bonds is 3. The molecule has 0 bridgehead atoms. The Bertz CT molecular complexity index is 266. The summed E-state index contributed by atoms with van der Waals surface area (Å²) in [5.41, 5.74) is 0.886. The molecule has 0 radical (unpaired) electrons. The first kappa shape index (κ1) is 12.0. The van der Waals surface area contributed by atoms with Crippen molar-refractivity contribution in [1.29, 1.82) is 0 Å². The van der Waals surface area contributed by atoms with Crippen LogP contribution in [-0.2, 0) is 4.74 Å². The molecule has 17 heavy (non-hydrogen) atoms. The quantitative estimate of drug-likeness (QED) is 0.813. The van der Waals surface area contributed by atoms with Crippen LogP contribution in [-0.4, -0.2) is 24.8 Å². The summed E-state index contributed by atoms with van der Waals surface area (Å²) >= 11 is 0. The van der Waals surface area contributed by atoms with E-state index in [9.17, 15) is 0 Å². The molecule has 0 aromatic carbocycles. The molecule has 3 rings (SSSR count). The Balaban J connectivity index is 1.50. The molecule has 3 fully saturated rings. The summed E-state index contributed by atoms with van der Waals surface area (Å²) in [5.74, 6) is 0. The SMILES string of the molecule is CC1(CNC2CCOC3(CCCC3)C2)CCC1. The summed E-state index contributed by atoms with van der Waals surface area (Å²) in [6.45, 7) is 4.65. The van der Waals surface area contributed by atoms with E-state index in [0.717, 1.165) is 12.6 Å². The van der Waals surface area contributed by atoms with Gasteiger partial charge in [-0.3, -0.25) is 0 Å². The first-order valence-electron chi connectivity index (χ1n) is 7.57. The van der Waals surface area contributed by atoms with Crippen molar-refractivity contribution in [2.24, 2.45) is 5.41 Å². The number of nitrogens with one attached hydrogen (secondary N) is 1. The molecule has 1 aliphatic heterocycles. The van der Waals surface area contributed by atoms with E-state index in [0.29, 0.717) is 5.41 Å². The highest BCUT2D eigenvalue weighted by Crippen LogP contribution is 2.42. The summed E-state index contributed by atoms with van der Waals surface area (Å²) < 4.78 is 6.09. The van der Waals surface area contributed by atoms with Gasteiger partial charge in [-0.1, -0.05) is 26.2 Å². The molecule has 0 aromatic heterocycles. The van der Waals surface area contributed by atoms with E-state index in [2.05, 4.69) is 12.2 Å². The average molecular weight is 237 g/mol. The lowest BCUT2D eigenvalue weighted by molar-refractivity contribution is -0.0850. The highest BCUT2D eigenvalue weighted by atomic mass is 16.5. The second-order valence-electron chi connectivity index (χ2n) is 6.97. The third-order valence-corrected chi connectivity index (χ3v) is 5.39. The van der Waals surface area contributed by atoms with Gasteiger partial charge in [-0.2, -0.15) is 0 Å². The number of ether oxygens (including phenoxy) is 1. The Morgan fingerprint density at radius 3 is 2.53 bits per heavy atom. The molecular formula is C15H27NO. The van der Waals surface area contributed by atoms with Crippen LogP contribution >= 0.6 is 0 Å². The Morgan fingerprint density at radius 1 is 1.12 bits per heavy atom. The van der Waals surface area contributed by atoms with Crippen LogP contribution in [0.4, 0.5) is 0 Å². The zero-order valence-corrected chi connectivity index (χ0v) is 11.3. The van der Waals surface area contributed by atoms with Crippen LogP contribution in [0.1, 0.15) is 64.7 Å². The molecule has 2 aliphatic carbocycles. The summed E-state index contributed by atoms with van der Waals surface area (Å²) in [7, 11) is 0. The normalized spacial score (nSPS) is 34.8. The fourth-order valence-corrected chi connectivity index (χ4v) is 3.92. The predicted molar refractivity (Wildman–Crippen MR) is 70.1 cm³/mol. The Kier molecular flexibility index (Phi) is 3.20. The van der Waals surface area contributed by atoms with Crippen molar-refractivity contribution >= 4 is 0 Å². The van der Waals surface area contributed by atoms with Crippen molar-refractivity contribution in [2.75, 3.05) is 13.2 Å². The van der Waals surface area contributed by atoms with Crippen molar-refractivity contribution in [1.82, 2.24) is 5.32 Å². The van der Waals surface area contributed by atoms with Crippen molar-refractivity contribution in [3.8, 4) is 0 Å². The summed E-state index contributed by atoms with van der Waals surface area (Å²) in [5, 5.41) is 3.84. The third-order valence-electron chi connectivity index (χ3n) is 5.39. The van der Waals surface area contributed by atoms with Crippen LogP contribution in [0.25, 0.3) is 0 Å². The molecule has 3 aliphatic rings. The summed E-state index contributed by atoms with van der Waals surface area (Å²) in [6, 6.07) is 0.722. The van der Waals surface area contributed by atoms with Gasteiger partial charge >= 0.3 is 0 Å². The van der Waals surface area contributed by atoms with E-state index in [4.69, 9.17) is 4.74 Å². The first-order valence-corrected chi connectivity index (χ1v) is 7.57. The largest absolute Gasteiger partial charge is 0.375 e. The maximum atomic E-state index is 6.09. The fraction of sp³-hybridized carbons (Fsp3) is 1.00. The minimum Gasteiger partial charge on any atom is -0.375 e. The molecule has 0 aromatic rings. The summed E-state index contributed by atoms with van der Waals surface area (Å²) in [6.07, 6.45) is 12.2. The van der Waals surface area contributed by atoms with E-state index >= 15 is 0 Å². The Labute approximate surface area is 105 Å². The standard InChI is InChI=1S/C15H27NO/c1-14(6-4-7-14)12-16-13-5-10-17-15(11-13)8-2-3-9-15/h13,16H,2-12H2,1H3. The van der Waals surface area contributed by atoms with Gasteiger partial charge in [-0.25, -0.2) is 0 Å². The van der Waals surface area contributed by atoms with Gasteiger partial charge in [0, 0.05) is 19.2 Å². The van der Waals surface area contributed by atoms with E-state index in [1.165, 1.54) is 64.3 Å². The van der Waals surface area contributed by atoms with Crippen molar-refractivity contribution in [3.63, 3.8) is 0 Å². The van der Waals surface area contributed by atoms with E-state index in [1.54, 1.807) is 0 Å². The molecule has 2 heteroatoms. The number of hydrogen-bond acceptors (Lipinski definition) is 2. The van der Waals surface area contributed by atoms with Crippen LogP contribution < -0.4 is 5.32 Å². The Morgan fingerprint density at radius 2 is 1.88 bits per heavy atom. The van der Waals surface area contributed by atoms with E-state index < -0.39 is 0 Å². The smallest absolute Gasteiger partial charge is 0.0697 e. The van der Waals surface area contributed by atoms with Gasteiger partial charge in [0.15, 0.2) is 0 Å². The topological polar surface area (TPSA) is 21.3 Å². The van der Waals surface area contributed by atoms with Gasteiger partial charge in [0.05, 0.1) is 5.60 Å². The second kappa shape index (κ2) is 4.55. The molecule has 1 unspecified atom stereocenters. The lowest BCUT2D eigenvalue weighted by atomic mass is 9.70. The molecule has 98 valence electrons. The van der Waals surface area contributed by atoms with Gasteiger partial charge in [0.25, 0.3) is 0 Å². The van der Waals surface area contributed by atoms with Crippen LogP contribution in [0.15, 0.2) is 0 Å². The molecular weight excluding hydrogens is 210 g/mol. The first-order chi connectivity index (χ1) is 8.20. The maximum Gasteiger partial charge on any atom is 0.0697 e. The van der Waals surface area contributed by atoms with E-state index in [1.807, 2.05) is 0 Å². The minimum absolute atomic E-state index is 0.274. The monoisotopic (exact) mass is 237 g/mol. The van der Waals surface area contributed by atoms with E-state index in [-0.39, 0.29) is 5.60 Å². The lowest BCUT2D eigenvalue weighted by Crippen LogP contribution is -2.49. The molecule has 1 spiro atoms. The zero-order chi connectivity index (χ0) is 11.8. The fourth-order valence-electron chi connectivity index (χ4n) is 3.92. The van der Waals surface area contributed by atoms with Gasteiger partial charge in [0.1, 0.15) is 0 Å². The molecule has 1 saturated heterocycles. The average Bonchev–Trinajstić information content (AvgIpc) is 2.72. The molecule has 1 N–H and O–H groups in total. The van der Waals surface area contributed by atoms with Crippen LogP contribution in [0.3, 0.4) is 0 Å². The van der Waals surface area contributed by atoms with Crippen molar-refractivity contribution < 1.29 is 4.74 Å². The molecule has 2 saturated carbocycles. The van der Waals surface area contributed by atoms with Crippen molar-refractivity contribution in [2.45, 2.75) is 76.4 Å².